The van der Waals surface area contributed by atoms with Crippen molar-refractivity contribution in [2.45, 2.75) is 31.8 Å². The average molecular weight is 395 g/mol. The van der Waals surface area contributed by atoms with Gasteiger partial charge in [0.15, 0.2) is 0 Å². The Morgan fingerprint density at radius 2 is 1.90 bits per heavy atom. The van der Waals surface area contributed by atoms with E-state index in [1.165, 1.54) is 17.2 Å². The lowest BCUT2D eigenvalue weighted by atomic mass is 10.0. The fourth-order valence-corrected chi connectivity index (χ4v) is 3.45. The number of amides is 1. The van der Waals surface area contributed by atoms with E-state index in [9.17, 15) is 9.59 Å². The summed E-state index contributed by atoms with van der Waals surface area (Å²) in [7, 11) is 0. The summed E-state index contributed by atoms with van der Waals surface area (Å²) in [6.07, 6.45) is 4.30. The van der Waals surface area contributed by atoms with Crippen molar-refractivity contribution < 1.29 is 14.7 Å². The zero-order valence-electron chi connectivity index (χ0n) is 15.9. The Balaban J connectivity index is 1.38. The van der Waals surface area contributed by atoms with Crippen LogP contribution in [0.2, 0.25) is 0 Å². The standard InChI is InChI=1S/C19H21N7O3/c1-13(26-22-17(21-23-26)14-5-3-2-4-6-14)18(27)24-9-7-16(8-10-24)25-12-15(11-20-25)19(28)29/h2-6,11-13,16H,7-10H2,1H3,(H,28,29). The number of hydrogen-bond acceptors (Lipinski definition) is 6. The first-order chi connectivity index (χ1) is 14.0. The zero-order valence-corrected chi connectivity index (χ0v) is 15.9. The lowest BCUT2D eigenvalue weighted by Crippen LogP contribution is -2.42. The number of carbonyl (C=O) groups excluding carboxylic acids is 1. The first-order valence-electron chi connectivity index (χ1n) is 9.44. The molecule has 0 radical (unpaired) electrons. The molecule has 0 aliphatic carbocycles. The minimum atomic E-state index is -0.993. The van der Waals surface area contributed by atoms with Crippen molar-refractivity contribution in [2.75, 3.05) is 13.1 Å². The van der Waals surface area contributed by atoms with E-state index in [-0.39, 0.29) is 17.5 Å². The quantitative estimate of drug-likeness (QED) is 0.698. The van der Waals surface area contributed by atoms with Gasteiger partial charge in [-0.25, -0.2) is 4.79 Å². The molecule has 1 saturated heterocycles. The van der Waals surface area contributed by atoms with E-state index in [1.807, 2.05) is 30.3 Å². The Hall–Kier alpha value is -3.56. The molecule has 0 bridgehead atoms. The summed E-state index contributed by atoms with van der Waals surface area (Å²) in [5.74, 6) is -0.572. The zero-order chi connectivity index (χ0) is 20.4. The van der Waals surface area contributed by atoms with Crippen molar-refractivity contribution in [3.63, 3.8) is 0 Å². The molecular weight excluding hydrogens is 374 g/mol. The first kappa shape index (κ1) is 18.8. The Morgan fingerprint density at radius 3 is 2.55 bits per heavy atom. The summed E-state index contributed by atoms with van der Waals surface area (Å²) in [5, 5.41) is 25.6. The second-order valence-electron chi connectivity index (χ2n) is 7.05. The number of nitrogens with zero attached hydrogens (tertiary/aromatic N) is 7. The van der Waals surface area contributed by atoms with Crippen LogP contribution in [-0.2, 0) is 4.79 Å². The Labute approximate surface area is 166 Å². The maximum atomic E-state index is 12.9. The molecule has 1 fully saturated rings. The molecule has 1 unspecified atom stereocenters. The van der Waals surface area contributed by atoms with Gasteiger partial charge in [0.2, 0.25) is 11.7 Å². The molecule has 3 heterocycles. The van der Waals surface area contributed by atoms with Crippen molar-refractivity contribution in [1.29, 1.82) is 0 Å². The average Bonchev–Trinajstić information content (AvgIpc) is 3.44. The van der Waals surface area contributed by atoms with E-state index in [2.05, 4.69) is 20.5 Å². The molecule has 1 aliphatic rings. The van der Waals surface area contributed by atoms with Crippen LogP contribution in [0.5, 0.6) is 0 Å². The van der Waals surface area contributed by atoms with Gasteiger partial charge in [0.25, 0.3) is 0 Å². The number of likely N-dealkylation sites (tertiary alicyclic amines) is 1. The van der Waals surface area contributed by atoms with Crippen LogP contribution in [-0.4, -0.2) is 65.0 Å². The third-order valence-electron chi connectivity index (χ3n) is 5.16. The maximum Gasteiger partial charge on any atom is 0.338 e. The molecule has 1 aromatic carbocycles. The van der Waals surface area contributed by atoms with Crippen molar-refractivity contribution >= 4 is 11.9 Å². The van der Waals surface area contributed by atoms with Crippen molar-refractivity contribution in [1.82, 2.24) is 34.9 Å². The van der Waals surface area contributed by atoms with Gasteiger partial charge in [-0.15, -0.1) is 10.2 Å². The first-order valence-corrected chi connectivity index (χ1v) is 9.44. The Kier molecular flexibility index (Phi) is 5.07. The van der Waals surface area contributed by atoms with Crippen LogP contribution in [0.3, 0.4) is 0 Å². The number of tetrazole rings is 1. The van der Waals surface area contributed by atoms with E-state index in [4.69, 9.17) is 5.11 Å². The molecule has 1 aliphatic heterocycles. The molecule has 10 nitrogen and oxygen atoms in total. The number of carboxylic acid groups (broad SMARTS) is 1. The van der Waals surface area contributed by atoms with Crippen molar-refractivity contribution in [3.8, 4) is 11.4 Å². The number of rotatable bonds is 5. The van der Waals surface area contributed by atoms with Crippen LogP contribution in [0.4, 0.5) is 0 Å². The Bertz CT molecular complexity index is 1010. The third-order valence-corrected chi connectivity index (χ3v) is 5.16. The topological polar surface area (TPSA) is 119 Å². The van der Waals surface area contributed by atoms with E-state index in [1.54, 1.807) is 16.5 Å². The van der Waals surface area contributed by atoms with Gasteiger partial charge in [-0.1, -0.05) is 30.3 Å². The molecule has 3 aromatic rings. The van der Waals surface area contributed by atoms with Gasteiger partial charge in [0.1, 0.15) is 6.04 Å². The van der Waals surface area contributed by atoms with Crippen LogP contribution < -0.4 is 0 Å². The van der Waals surface area contributed by atoms with Gasteiger partial charge >= 0.3 is 5.97 Å². The molecule has 150 valence electrons. The van der Waals surface area contributed by atoms with Crippen molar-refractivity contribution in [3.05, 3.63) is 48.3 Å². The van der Waals surface area contributed by atoms with Crippen LogP contribution in [0.15, 0.2) is 42.7 Å². The number of carbonyl (C=O) groups is 2. The lowest BCUT2D eigenvalue weighted by molar-refractivity contribution is -0.136. The van der Waals surface area contributed by atoms with Gasteiger partial charge in [-0.3, -0.25) is 9.48 Å². The number of aromatic carboxylic acids is 1. The highest BCUT2D eigenvalue weighted by molar-refractivity contribution is 5.86. The minimum absolute atomic E-state index is 0.0628. The summed E-state index contributed by atoms with van der Waals surface area (Å²) in [6.45, 7) is 2.89. The van der Waals surface area contributed by atoms with Gasteiger partial charge < -0.3 is 10.0 Å². The van der Waals surface area contributed by atoms with E-state index >= 15 is 0 Å². The second-order valence-corrected chi connectivity index (χ2v) is 7.05. The number of aromatic nitrogens is 6. The Morgan fingerprint density at radius 1 is 1.17 bits per heavy atom. The SMILES string of the molecule is CC(C(=O)N1CCC(n2cc(C(=O)O)cn2)CC1)n1nnc(-c2ccccc2)n1. The van der Waals surface area contributed by atoms with Gasteiger partial charge in [-0.05, 0) is 25.0 Å². The lowest BCUT2D eigenvalue weighted by Gasteiger charge is -2.33. The summed E-state index contributed by atoms with van der Waals surface area (Å²) in [4.78, 5) is 27.0. The highest BCUT2D eigenvalue weighted by Crippen LogP contribution is 2.24. The smallest absolute Gasteiger partial charge is 0.338 e. The molecule has 0 spiro atoms. The molecule has 1 N–H and O–H groups in total. The maximum absolute atomic E-state index is 12.9. The van der Waals surface area contributed by atoms with E-state index < -0.39 is 12.0 Å². The normalized spacial score (nSPS) is 16.0. The molecule has 10 heteroatoms. The van der Waals surface area contributed by atoms with E-state index in [0.29, 0.717) is 31.8 Å². The highest BCUT2D eigenvalue weighted by Gasteiger charge is 2.29. The molecule has 29 heavy (non-hydrogen) atoms. The number of piperidine rings is 1. The summed E-state index contributed by atoms with van der Waals surface area (Å²) >= 11 is 0. The fourth-order valence-electron chi connectivity index (χ4n) is 3.45. The van der Waals surface area contributed by atoms with Gasteiger partial charge in [0, 0.05) is 24.8 Å². The molecule has 4 rings (SSSR count). The number of benzene rings is 1. The summed E-state index contributed by atoms with van der Waals surface area (Å²) < 4.78 is 1.68. The van der Waals surface area contributed by atoms with Crippen LogP contribution in [0.25, 0.3) is 11.4 Å². The molecule has 1 atom stereocenters. The van der Waals surface area contributed by atoms with Gasteiger partial charge in [0.05, 0.1) is 17.8 Å². The fraction of sp³-hybridized carbons (Fsp3) is 0.368. The summed E-state index contributed by atoms with van der Waals surface area (Å²) in [5.41, 5.74) is 1.02. The van der Waals surface area contributed by atoms with Crippen LogP contribution in [0.1, 0.15) is 42.2 Å². The van der Waals surface area contributed by atoms with Gasteiger partial charge in [-0.2, -0.15) is 9.90 Å². The predicted molar refractivity (Wildman–Crippen MR) is 102 cm³/mol. The molecule has 1 amide bonds. The second kappa shape index (κ2) is 7.82. The molecular formula is C19H21N7O3. The minimum Gasteiger partial charge on any atom is -0.478 e. The van der Waals surface area contributed by atoms with E-state index in [0.717, 1.165) is 5.56 Å². The number of carboxylic acids is 1. The van der Waals surface area contributed by atoms with Crippen molar-refractivity contribution in [2.24, 2.45) is 0 Å². The summed E-state index contributed by atoms with van der Waals surface area (Å²) in [6, 6.07) is 9.01. The third kappa shape index (κ3) is 3.86. The largest absolute Gasteiger partial charge is 0.478 e. The predicted octanol–water partition coefficient (Wildman–Crippen LogP) is 1.66. The molecule has 2 aromatic heterocycles. The van der Waals surface area contributed by atoms with Crippen LogP contribution in [0, 0.1) is 0 Å². The monoisotopic (exact) mass is 395 g/mol. The molecule has 0 saturated carbocycles. The van der Waals surface area contributed by atoms with Crippen LogP contribution >= 0.6 is 0 Å². The number of hydrogen-bond donors (Lipinski definition) is 1. The highest BCUT2D eigenvalue weighted by atomic mass is 16.4.